The number of ether oxygens (including phenoxy) is 2. The molecule has 110 valence electrons. The van der Waals surface area contributed by atoms with E-state index in [4.69, 9.17) is 9.47 Å². The lowest BCUT2D eigenvalue weighted by Gasteiger charge is -2.24. The van der Waals surface area contributed by atoms with E-state index in [1.807, 2.05) is 0 Å². The zero-order valence-corrected chi connectivity index (χ0v) is 11.6. The Kier molecular flexibility index (Phi) is 7.83. The molecule has 0 atom stereocenters. The van der Waals surface area contributed by atoms with Crippen LogP contribution in [0.3, 0.4) is 0 Å². The van der Waals surface area contributed by atoms with Crippen molar-refractivity contribution in [2.45, 2.75) is 58.8 Å². The third kappa shape index (κ3) is 7.46. The minimum Gasteiger partial charge on any atom is -0.512 e. The van der Waals surface area contributed by atoms with E-state index in [0.717, 1.165) is 6.08 Å². The summed E-state index contributed by atoms with van der Waals surface area (Å²) in [5.74, 6) is -4.21. The third-order valence-corrected chi connectivity index (χ3v) is 2.14. The van der Waals surface area contributed by atoms with Gasteiger partial charge >= 0.3 is 17.9 Å². The number of aliphatic hydroxyl groups excluding tert-OH is 1. The molecule has 0 spiro atoms. The highest BCUT2D eigenvalue weighted by atomic mass is 16.8. The molecule has 0 aliphatic rings. The summed E-state index contributed by atoms with van der Waals surface area (Å²) in [7, 11) is 0. The molecule has 6 nitrogen and oxygen atoms in total. The quantitative estimate of drug-likeness (QED) is 0.400. The minimum absolute atomic E-state index is 0.0777. The molecular weight excluding hydrogens is 252 g/mol. The summed E-state index contributed by atoms with van der Waals surface area (Å²) in [5.41, 5.74) is 0. The van der Waals surface area contributed by atoms with Crippen molar-refractivity contribution in [1.82, 2.24) is 0 Å². The van der Waals surface area contributed by atoms with Gasteiger partial charge in [-0.2, -0.15) is 0 Å². The molecule has 0 fully saturated rings. The van der Waals surface area contributed by atoms with Crippen molar-refractivity contribution < 1.29 is 29.3 Å². The van der Waals surface area contributed by atoms with E-state index >= 15 is 0 Å². The van der Waals surface area contributed by atoms with Gasteiger partial charge in [-0.05, 0) is 12.8 Å². The molecule has 0 saturated heterocycles. The van der Waals surface area contributed by atoms with Crippen LogP contribution < -0.4 is 0 Å². The molecule has 0 radical (unpaired) electrons. The molecule has 0 aromatic rings. The second-order valence-corrected chi connectivity index (χ2v) is 4.07. The minimum atomic E-state index is -2.54. The number of carbonyl (C=O) groups excluding carboxylic acids is 2. The maximum absolute atomic E-state index is 11.4. The van der Waals surface area contributed by atoms with Crippen LogP contribution >= 0.6 is 0 Å². The predicted octanol–water partition coefficient (Wildman–Crippen LogP) is 2.17. The van der Waals surface area contributed by atoms with Crippen LogP contribution in [-0.2, 0) is 19.1 Å². The molecule has 0 aromatic carbocycles. The Morgan fingerprint density at radius 2 is 1.47 bits per heavy atom. The standard InChI is InChI=1S/C13H22O6/c1-4-7-11(15)18-13(17,9-10(14)6-3)19-12(16)8-5-2/h9,14,17H,4-8H2,1-3H3/b10-9-. The zero-order chi connectivity index (χ0) is 14.9. The summed E-state index contributed by atoms with van der Waals surface area (Å²) >= 11 is 0. The van der Waals surface area contributed by atoms with Crippen molar-refractivity contribution in [3.05, 3.63) is 11.8 Å². The van der Waals surface area contributed by atoms with Gasteiger partial charge in [0.2, 0.25) is 0 Å². The van der Waals surface area contributed by atoms with Crippen molar-refractivity contribution in [3.8, 4) is 0 Å². The van der Waals surface area contributed by atoms with Gasteiger partial charge < -0.3 is 19.7 Å². The first-order chi connectivity index (χ1) is 8.86. The van der Waals surface area contributed by atoms with E-state index in [0.29, 0.717) is 12.8 Å². The smallest absolute Gasteiger partial charge is 0.399 e. The van der Waals surface area contributed by atoms with Crippen LogP contribution in [0.2, 0.25) is 0 Å². The molecular formula is C13H22O6. The van der Waals surface area contributed by atoms with E-state index in [2.05, 4.69) is 0 Å². The van der Waals surface area contributed by atoms with Gasteiger partial charge in [-0.1, -0.05) is 20.8 Å². The fourth-order valence-corrected chi connectivity index (χ4v) is 1.23. The summed E-state index contributed by atoms with van der Waals surface area (Å²) in [6, 6.07) is 0. The number of carbonyl (C=O) groups is 2. The molecule has 0 heterocycles. The molecule has 0 aromatic heterocycles. The van der Waals surface area contributed by atoms with Crippen LogP contribution in [0.1, 0.15) is 52.9 Å². The number of esters is 2. The van der Waals surface area contributed by atoms with E-state index in [1.165, 1.54) is 0 Å². The molecule has 0 aliphatic carbocycles. The summed E-state index contributed by atoms with van der Waals surface area (Å²) in [6.07, 6.45) is 2.23. The first-order valence-electron chi connectivity index (χ1n) is 6.43. The van der Waals surface area contributed by atoms with Crippen LogP contribution in [0.15, 0.2) is 11.8 Å². The van der Waals surface area contributed by atoms with Gasteiger partial charge in [0.15, 0.2) is 0 Å². The van der Waals surface area contributed by atoms with Gasteiger partial charge in [0.25, 0.3) is 0 Å². The molecule has 6 heteroatoms. The summed E-state index contributed by atoms with van der Waals surface area (Å²) < 4.78 is 9.41. The van der Waals surface area contributed by atoms with Crippen LogP contribution in [0.5, 0.6) is 0 Å². The third-order valence-electron chi connectivity index (χ3n) is 2.14. The fourth-order valence-electron chi connectivity index (χ4n) is 1.23. The van der Waals surface area contributed by atoms with E-state index < -0.39 is 17.9 Å². The number of allylic oxidation sites excluding steroid dienone is 1. The monoisotopic (exact) mass is 274 g/mol. The average Bonchev–Trinajstić information content (AvgIpc) is 2.28. The molecule has 19 heavy (non-hydrogen) atoms. The van der Waals surface area contributed by atoms with E-state index in [-0.39, 0.29) is 25.0 Å². The second-order valence-electron chi connectivity index (χ2n) is 4.07. The van der Waals surface area contributed by atoms with Gasteiger partial charge in [-0.15, -0.1) is 0 Å². The maximum atomic E-state index is 11.4. The van der Waals surface area contributed by atoms with Gasteiger partial charge in [0.05, 0.1) is 11.8 Å². The molecule has 0 bridgehead atoms. The van der Waals surface area contributed by atoms with Gasteiger partial charge in [-0.25, -0.2) is 0 Å². The number of hydrogen-bond acceptors (Lipinski definition) is 6. The first-order valence-corrected chi connectivity index (χ1v) is 6.43. The lowest BCUT2D eigenvalue weighted by molar-refractivity contribution is -0.297. The molecule has 0 rings (SSSR count). The lowest BCUT2D eigenvalue weighted by Crippen LogP contribution is -2.38. The Morgan fingerprint density at radius 1 is 1.05 bits per heavy atom. The van der Waals surface area contributed by atoms with Crippen molar-refractivity contribution >= 4 is 11.9 Å². The Labute approximate surface area is 113 Å². The van der Waals surface area contributed by atoms with Crippen LogP contribution in [0, 0.1) is 0 Å². The highest BCUT2D eigenvalue weighted by Gasteiger charge is 2.34. The fraction of sp³-hybridized carbons (Fsp3) is 0.692. The Hall–Kier alpha value is -1.56. The van der Waals surface area contributed by atoms with Crippen LogP contribution in [0.25, 0.3) is 0 Å². The lowest BCUT2D eigenvalue weighted by atomic mass is 10.3. The number of aliphatic hydroxyl groups is 2. The molecule has 0 unspecified atom stereocenters. The van der Waals surface area contributed by atoms with Crippen molar-refractivity contribution in [1.29, 1.82) is 0 Å². The highest BCUT2D eigenvalue weighted by molar-refractivity contribution is 5.72. The van der Waals surface area contributed by atoms with Crippen molar-refractivity contribution in [3.63, 3.8) is 0 Å². The largest absolute Gasteiger partial charge is 0.512 e. The van der Waals surface area contributed by atoms with Crippen molar-refractivity contribution in [2.24, 2.45) is 0 Å². The topological polar surface area (TPSA) is 93.1 Å². The Bertz CT molecular complexity index is 314. The second kappa shape index (κ2) is 8.53. The Morgan fingerprint density at radius 3 is 1.79 bits per heavy atom. The molecule has 0 saturated carbocycles. The van der Waals surface area contributed by atoms with E-state index in [1.54, 1.807) is 20.8 Å². The molecule has 0 amide bonds. The highest BCUT2D eigenvalue weighted by Crippen LogP contribution is 2.17. The SMILES string of the molecule is CCCC(=O)OC(O)(/C=C(\O)CC)OC(=O)CCC. The zero-order valence-electron chi connectivity index (χ0n) is 11.6. The number of hydrogen-bond donors (Lipinski definition) is 2. The average molecular weight is 274 g/mol. The van der Waals surface area contributed by atoms with Gasteiger partial charge in [0.1, 0.15) is 0 Å². The first kappa shape index (κ1) is 17.4. The Balaban J connectivity index is 4.90. The van der Waals surface area contributed by atoms with Crippen molar-refractivity contribution in [2.75, 3.05) is 0 Å². The van der Waals surface area contributed by atoms with Crippen LogP contribution in [0.4, 0.5) is 0 Å². The van der Waals surface area contributed by atoms with Gasteiger partial charge in [0, 0.05) is 19.3 Å². The summed E-state index contributed by atoms with van der Waals surface area (Å²) in [5, 5.41) is 19.4. The number of rotatable bonds is 8. The predicted molar refractivity (Wildman–Crippen MR) is 68.0 cm³/mol. The van der Waals surface area contributed by atoms with Gasteiger partial charge in [-0.3, -0.25) is 9.59 Å². The van der Waals surface area contributed by atoms with E-state index in [9.17, 15) is 19.8 Å². The molecule has 0 aliphatic heterocycles. The van der Waals surface area contributed by atoms with Crippen LogP contribution in [-0.4, -0.2) is 28.1 Å². The normalized spacial score (nSPS) is 12.1. The summed E-state index contributed by atoms with van der Waals surface area (Å²) in [6.45, 7) is 5.17. The summed E-state index contributed by atoms with van der Waals surface area (Å²) in [4.78, 5) is 22.8. The molecule has 2 N–H and O–H groups in total. The maximum Gasteiger partial charge on any atom is 0.399 e.